The molecule has 0 heterocycles. The number of methoxy groups -OCH3 is 1. The van der Waals surface area contributed by atoms with Crippen molar-refractivity contribution in [3.8, 4) is 5.75 Å². The lowest BCUT2D eigenvalue weighted by Gasteiger charge is -2.10. The van der Waals surface area contributed by atoms with Crippen molar-refractivity contribution >= 4 is 23.7 Å². The Morgan fingerprint density at radius 1 is 1.20 bits per heavy atom. The Hall–Kier alpha value is -2.53. The van der Waals surface area contributed by atoms with Crippen LogP contribution in [0.2, 0.25) is 5.02 Å². The van der Waals surface area contributed by atoms with Gasteiger partial charge in [0.25, 0.3) is 5.91 Å². The Balaban J connectivity index is 1.71. The van der Waals surface area contributed by atoms with Gasteiger partial charge in [0.2, 0.25) is 6.10 Å². The molecule has 2 rings (SSSR count). The van der Waals surface area contributed by atoms with Crippen LogP contribution in [0.25, 0.3) is 0 Å². The maximum Gasteiger partial charge on any atom is 0.263 e. The van der Waals surface area contributed by atoms with Gasteiger partial charge in [-0.25, -0.2) is 0 Å². The zero-order valence-electron chi connectivity index (χ0n) is 14.2. The average Bonchev–Trinajstić information content (AvgIpc) is 2.63. The zero-order chi connectivity index (χ0) is 18.1. The summed E-state index contributed by atoms with van der Waals surface area (Å²) >= 11 is 5.81. The predicted molar refractivity (Wildman–Crippen MR) is 99.3 cm³/mol. The predicted octanol–water partition coefficient (Wildman–Crippen LogP) is 3.45. The first-order valence-corrected chi connectivity index (χ1v) is 8.31. The third kappa shape index (κ3) is 6.47. The first-order chi connectivity index (χ1) is 12.1. The van der Waals surface area contributed by atoms with Gasteiger partial charge in [0.1, 0.15) is 5.75 Å². The number of nitrogens with zero attached hydrogens (tertiary/aromatic N) is 1. The van der Waals surface area contributed by atoms with E-state index in [0.717, 1.165) is 23.3 Å². The number of carbonyl (C=O) groups excluding carboxylic acids is 1. The quantitative estimate of drug-likeness (QED) is 0.579. The maximum atomic E-state index is 12.0. The van der Waals surface area contributed by atoms with Crippen LogP contribution in [0.1, 0.15) is 18.1 Å². The molecule has 0 fully saturated rings. The molecule has 0 spiro atoms. The molecule has 132 valence electrons. The number of halogens is 1. The van der Waals surface area contributed by atoms with E-state index in [4.69, 9.17) is 21.2 Å². The molecule has 2 aromatic rings. The normalized spacial score (nSPS) is 12.0. The minimum atomic E-state index is -0.667. The monoisotopic (exact) mass is 360 g/mol. The summed E-state index contributed by atoms with van der Waals surface area (Å²) in [7, 11) is 1.63. The lowest BCUT2D eigenvalue weighted by molar-refractivity contribution is -0.131. The molecule has 1 atom stereocenters. The summed E-state index contributed by atoms with van der Waals surface area (Å²) in [5.41, 5.74) is 1.96. The van der Waals surface area contributed by atoms with Crippen molar-refractivity contribution in [1.29, 1.82) is 0 Å². The number of nitrogens with one attached hydrogen (secondary N) is 1. The Kier molecular flexibility index (Phi) is 7.29. The smallest absolute Gasteiger partial charge is 0.263 e. The van der Waals surface area contributed by atoms with Gasteiger partial charge < -0.3 is 14.9 Å². The fourth-order valence-corrected chi connectivity index (χ4v) is 2.17. The van der Waals surface area contributed by atoms with E-state index in [1.54, 1.807) is 26.2 Å². The highest BCUT2D eigenvalue weighted by Crippen LogP contribution is 2.11. The van der Waals surface area contributed by atoms with E-state index in [1.165, 1.54) is 6.21 Å². The summed E-state index contributed by atoms with van der Waals surface area (Å²) < 4.78 is 5.11. The Labute approximate surface area is 152 Å². The Morgan fingerprint density at radius 2 is 1.88 bits per heavy atom. The molecule has 0 radical (unpaired) electrons. The molecule has 0 aliphatic heterocycles. The second kappa shape index (κ2) is 9.69. The van der Waals surface area contributed by atoms with E-state index in [9.17, 15) is 4.79 Å². The van der Waals surface area contributed by atoms with Crippen molar-refractivity contribution in [2.75, 3.05) is 13.7 Å². The van der Waals surface area contributed by atoms with Gasteiger partial charge in [-0.2, -0.15) is 0 Å². The van der Waals surface area contributed by atoms with Crippen LogP contribution in [0.15, 0.2) is 53.7 Å². The fraction of sp³-hybridized carbons (Fsp3) is 0.263. The molecule has 1 amide bonds. The van der Waals surface area contributed by atoms with E-state index in [2.05, 4.69) is 10.5 Å². The maximum absolute atomic E-state index is 12.0. The summed E-state index contributed by atoms with van der Waals surface area (Å²) in [6.45, 7) is 2.18. The van der Waals surface area contributed by atoms with Crippen molar-refractivity contribution in [2.45, 2.75) is 19.4 Å². The molecule has 25 heavy (non-hydrogen) atoms. The van der Waals surface area contributed by atoms with Crippen LogP contribution < -0.4 is 10.1 Å². The number of ether oxygens (including phenoxy) is 1. The zero-order valence-corrected chi connectivity index (χ0v) is 15.0. The van der Waals surface area contributed by atoms with Crippen LogP contribution >= 0.6 is 11.6 Å². The number of hydrogen-bond acceptors (Lipinski definition) is 4. The van der Waals surface area contributed by atoms with E-state index in [-0.39, 0.29) is 5.91 Å². The van der Waals surface area contributed by atoms with E-state index >= 15 is 0 Å². The first kappa shape index (κ1) is 18.8. The number of amides is 1. The van der Waals surface area contributed by atoms with Crippen LogP contribution in [0.3, 0.4) is 0 Å². The summed E-state index contributed by atoms with van der Waals surface area (Å²) in [6, 6.07) is 14.9. The van der Waals surface area contributed by atoms with Crippen LogP contribution in [0, 0.1) is 0 Å². The molecule has 0 saturated carbocycles. The molecule has 0 bridgehead atoms. The highest BCUT2D eigenvalue weighted by Gasteiger charge is 2.13. The molecule has 0 aliphatic carbocycles. The molecule has 0 aliphatic rings. The van der Waals surface area contributed by atoms with E-state index in [1.807, 2.05) is 36.4 Å². The first-order valence-electron chi connectivity index (χ1n) is 7.94. The minimum absolute atomic E-state index is 0.207. The van der Waals surface area contributed by atoms with Crippen LogP contribution in [0.5, 0.6) is 5.75 Å². The molecule has 0 aromatic heterocycles. The number of benzene rings is 2. The molecule has 0 saturated heterocycles. The van der Waals surface area contributed by atoms with E-state index in [0.29, 0.717) is 11.6 Å². The van der Waals surface area contributed by atoms with Crippen molar-refractivity contribution < 1.29 is 14.4 Å². The molecule has 1 N–H and O–H groups in total. The number of hydrogen-bond donors (Lipinski definition) is 1. The highest BCUT2D eigenvalue weighted by atomic mass is 35.5. The second-order valence-electron chi connectivity index (χ2n) is 5.42. The van der Waals surface area contributed by atoms with Crippen molar-refractivity contribution in [3.63, 3.8) is 0 Å². The van der Waals surface area contributed by atoms with Gasteiger partial charge in [-0.05, 0) is 48.7 Å². The van der Waals surface area contributed by atoms with Crippen LogP contribution in [-0.4, -0.2) is 31.9 Å². The highest BCUT2D eigenvalue weighted by molar-refractivity contribution is 6.30. The van der Waals surface area contributed by atoms with E-state index < -0.39 is 6.10 Å². The Morgan fingerprint density at radius 3 is 2.52 bits per heavy atom. The Bertz CT molecular complexity index is 700. The summed E-state index contributed by atoms with van der Waals surface area (Å²) in [6.07, 6.45) is 1.60. The molecular weight excluding hydrogens is 340 g/mol. The third-order valence-corrected chi connectivity index (χ3v) is 3.78. The average molecular weight is 361 g/mol. The molecule has 5 nitrogen and oxygen atoms in total. The van der Waals surface area contributed by atoms with Crippen molar-refractivity contribution in [3.05, 3.63) is 64.7 Å². The molecule has 2 aromatic carbocycles. The lowest BCUT2D eigenvalue weighted by Crippen LogP contribution is -2.34. The summed E-state index contributed by atoms with van der Waals surface area (Å²) in [5, 5.41) is 7.32. The van der Waals surface area contributed by atoms with Crippen molar-refractivity contribution in [1.82, 2.24) is 5.32 Å². The largest absolute Gasteiger partial charge is 0.497 e. The molecule has 6 heteroatoms. The van der Waals surface area contributed by atoms with Crippen molar-refractivity contribution in [2.24, 2.45) is 5.16 Å². The standard InChI is InChI=1S/C19H21ClN2O3/c1-14(25-22-13-16-3-7-17(20)8-4-16)19(23)21-12-11-15-5-9-18(24-2)10-6-15/h3-10,13-14H,11-12H2,1-2H3,(H,21,23)/b22-13+. The topological polar surface area (TPSA) is 59.9 Å². The van der Waals surface area contributed by atoms with Gasteiger partial charge in [-0.3, -0.25) is 4.79 Å². The van der Waals surface area contributed by atoms with Gasteiger partial charge in [-0.1, -0.05) is 41.0 Å². The number of rotatable bonds is 8. The van der Waals surface area contributed by atoms with Gasteiger partial charge in [-0.15, -0.1) is 0 Å². The lowest BCUT2D eigenvalue weighted by atomic mass is 10.1. The van der Waals surface area contributed by atoms with Gasteiger partial charge in [0.05, 0.1) is 13.3 Å². The summed E-state index contributed by atoms with van der Waals surface area (Å²) in [4.78, 5) is 17.2. The molecule has 1 unspecified atom stereocenters. The van der Waals surface area contributed by atoms with Crippen LogP contribution in [-0.2, 0) is 16.1 Å². The van der Waals surface area contributed by atoms with Crippen LogP contribution in [0.4, 0.5) is 0 Å². The third-order valence-electron chi connectivity index (χ3n) is 3.53. The number of oxime groups is 1. The minimum Gasteiger partial charge on any atom is -0.497 e. The SMILES string of the molecule is COc1ccc(CCNC(=O)C(C)O/N=C/c2ccc(Cl)cc2)cc1. The van der Waals surface area contributed by atoms with Gasteiger partial charge in [0.15, 0.2) is 0 Å². The van der Waals surface area contributed by atoms with Gasteiger partial charge >= 0.3 is 0 Å². The summed E-state index contributed by atoms with van der Waals surface area (Å²) in [5.74, 6) is 0.607. The van der Waals surface area contributed by atoms with Gasteiger partial charge in [0, 0.05) is 11.6 Å². The second-order valence-corrected chi connectivity index (χ2v) is 5.86. The number of carbonyl (C=O) groups is 1. The fourth-order valence-electron chi connectivity index (χ4n) is 2.05. The molecular formula is C19H21ClN2O3.